The Balaban J connectivity index is 1.67. The van der Waals surface area contributed by atoms with Gasteiger partial charge in [-0.25, -0.2) is 4.79 Å². The van der Waals surface area contributed by atoms with E-state index in [0.29, 0.717) is 4.88 Å². The molecule has 0 saturated heterocycles. The SMILES string of the molecule is C[C@H](C(=O)OCC(=O)c1cccs1)N1C(=O)c2ccccc2C1=O. The molecule has 0 spiro atoms. The number of amides is 2. The van der Waals surface area contributed by atoms with Crippen LogP contribution in [0.3, 0.4) is 0 Å². The van der Waals surface area contributed by atoms with E-state index in [1.807, 2.05) is 0 Å². The number of ketones is 1. The van der Waals surface area contributed by atoms with Gasteiger partial charge in [0, 0.05) is 0 Å². The maximum atomic E-state index is 12.3. The van der Waals surface area contributed by atoms with E-state index in [9.17, 15) is 19.2 Å². The number of fused-ring (bicyclic) bond motifs is 1. The molecule has 2 aromatic rings. The fraction of sp³-hybridized carbons (Fsp3) is 0.176. The van der Waals surface area contributed by atoms with Crippen LogP contribution in [0.25, 0.3) is 0 Å². The fourth-order valence-corrected chi connectivity index (χ4v) is 3.08. The van der Waals surface area contributed by atoms with Crippen molar-refractivity contribution in [2.24, 2.45) is 0 Å². The number of Topliss-reactive ketones (excluding diaryl/α,β-unsaturated/α-hetero) is 1. The number of carbonyl (C=O) groups is 4. The number of carbonyl (C=O) groups excluding carboxylic acids is 4. The third-order valence-corrected chi connectivity index (χ3v) is 4.61. The lowest BCUT2D eigenvalue weighted by molar-refractivity contribution is -0.146. The van der Waals surface area contributed by atoms with Crippen LogP contribution in [-0.2, 0) is 9.53 Å². The summed E-state index contributed by atoms with van der Waals surface area (Å²) in [6, 6.07) is 8.62. The summed E-state index contributed by atoms with van der Waals surface area (Å²) in [6.07, 6.45) is 0. The molecule has 1 atom stereocenters. The van der Waals surface area contributed by atoms with Crippen molar-refractivity contribution in [3.8, 4) is 0 Å². The van der Waals surface area contributed by atoms with Crippen molar-refractivity contribution in [1.82, 2.24) is 4.90 Å². The highest BCUT2D eigenvalue weighted by molar-refractivity contribution is 7.12. The van der Waals surface area contributed by atoms with Gasteiger partial charge in [0.05, 0.1) is 16.0 Å². The Hall–Kier alpha value is -2.80. The highest BCUT2D eigenvalue weighted by Crippen LogP contribution is 2.24. The number of esters is 1. The van der Waals surface area contributed by atoms with Gasteiger partial charge in [-0.05, 0) is 30.5 Å². The number of benzene rings is 1. The number of imide groups is 1. The summed E-state index contributed by atoms with van der Waals surface area (Å²) < 4.78 is 4.97. The molecule has 3 rings (SSSR count). The summed E-state index contributed by atoms with van der Waals surface area (Å²) in [4.78, 5) is 49.9. The highest BCUT2D eigenvalue weighted by Gasteiger charge is 2.41. The molecule has 0 radical (unpaired) electrons. The smallest absolute Gasteiger partial charge is 0.329 e. The zero-order valence-corrected chi connectivity index (χ0v) is 13.5. The van der Waals surface area contributed by atoms with Gasteiger partial charge in [-0.1, -0.05) is 18.2 Å². The Bertz CT molecular complexity index is 792. The Morgan fingerprint density at radius 1 is 1.08 bits per heavy atom. The van der Waals surface area contributed by atoms with Gasteiger partial charge in [0.15, 0.2) is 6.61 Å². The molecule has 0 bridgehead atoms. The topological polar surface area (TPSA) is 80.8 Å². The molecule has 1 aliphatic heterocycles. The zero-order valence-electron chi connectivity index (χ0n) is 12.7. The van der Waals surface area contributed by atoms with E-state index >= 15 is 0 Å². The summed E-state index contributed by atoms with van der Waals surface area (Å²) >= 11 is 1.25. The minimum absolute atomic E-state index is 0.261. The first kappa shape index (κ1) is 16.1. The van der Waals surface area contributed by atoms with Crippen molar-refractivity contribution in [3.63, 3.8) is 0 Å². The molecule has 2 heterocycles. The predicted molar refractivity (Wildman–Crippen MR) is 86.0 cm³/mol. The van der Waals surface area contributed by atoms with E-state index in [0.717, 1.165) is 4.90 Å². The van der Waals surface area contributed by atoms with Crippen molar-refractivity contribution in [2.45, 2.75) is 13.0 Å². The Kier molecular flexibility index (Phi) is 4.26. The largest absolute Gasteiger partial charge is 0.456 e. The number of hydrogen-bond donors (Lipinski definition) is 0. The summed E-state index contributed by atoms with van der Waals surface area (Å²) in [5, 5.41) is 1.75. The van der Waals surface area contributed by atoms with E-state index in [1.54, 1.807) is 29.6 Å². The Morgan fingerprint density at radius 2 is 1.71 bits per heavy atom. The van der Waals surface area contributed by atoms with Gasteiger partial charge in [-0.3, -0.25) is 19.3 Å². The number of hydrogen-bond acceptors (Lipinski definition) is 6. The fourth-order valence-electron chi connectivity index (χ4n) is 2.43. The molecule has 122 valence electrons. The van der Waals surface area contributed by atoms with Crippen LogP contribution in [0.2, 0.25) is 0 Å². The lowest BCUT2D eigenvalue weighted by Gasteiger charge is -2.20. The molecule has 2 amide bonds. The average Bonchev–Trinajstić information content (AvgIpc) is 3.20. The minimum atomic E-state index is -1.10. The molecule has 24 heavy (non-hydrogen) atoms. The molecule has 0 N–H and O–H groups in total. The average molecular weight is 343 g/mol. The van der Waals surface area contributed by atoms with E-state index in [1.165, 1.54) is 30.4 Å². The van der Waals surface area contributed by atoms with E-state index in [2.05, 4.69) is 0 Å². The predicted octanol–water partition coefficient (Wildman–Crippen LogP) is 2.16. The first-order chi connectivity index (χ1) is 11.5. The molecular weight excluding hydrogens is 330 g/mol. The number of ether oxygens (including phenoxy) is 1. The summed E-state index contributed by atoms with van der Waals surface area (Å²) in [6.45, 7) is 0.979. The van der Waals surface area contributed by atoms with Crippen LogP contribution in [0.15, 0.2) is 41.8 Å². The Morgan fingerprint density at radius 3 is 2.25 bits per heavy atom. The molecule has 7 heteroatoms. The maximum Gasteiger partial charge on any atom is 0.329 e. The van der Waals surface area contributed by atoms with Crippen LogP contribution in [0.5, 0.6) is 0 Å². The second-order valence-corrected chi connectivity index (χ2v) is 6.16. The van der Waals surface area contributed by atoms with Gasteiger partial charge in [0.2, 0.25) is 5.78 Å². The monoisotopic (exact) mass is 343 g/mol. The molecule has 1 aromatic carbocycles. The van der Waals surface area contributed by atoms with Crippen LogP contribution in [0, 0.1) is 0 Å². The molecule has 1 aromatic heterocycles. The van der Waals surface area contributed by atoms with Crippen LogP contribution < -0.4 is 0 Å². The van der Waals surface area contributed by atoms with E-state index < -0.39 is 30.4 Å². The normalized spacial score (nSPS) is 14.5. The molecule has 0 saturated carbocycles. The number of rotatable bonds is 5. The van der Waals surface area contributed by atoms with Gasteiger partial charge in [0.25, 0.3) is 11.8 Å². The first-order valence-electron chi connectivity index (χ1n) is 7.21. The van der Waals surface area contributed by atoms with E-state index in [-0.39, 0.29) is 16.9 Å². The summed E-state index contributed by atoms with van der Waals surface area (Å²) in [7, 11) is 0. The van der Waals surface area contributed by atoms with Crippen LogP contribution in [-0.4, -0.2) is 41.1 Å². The molecular formula is C17H13NO5S. The quantitative estimate of drug-likeness (QED) is 0.472. The molecule has 6 nitrogen and oxygen atoms in total. The van der Waals surface area contributed by atoms with Crippen molar-refractivity contribution in [2.75, 3.05) is 6.61 Å². The van der Waals surface area contributed by atoms with Crippen molar-refractivity contribution < 1.29 is 23.9 Å². The van der Waals surface area contributed by atoms with Gasteiger partial charge >= 0.3 is 5.97 Å². The Labute approximate surface area is 141 Å². The second kappa shape index (κ2) is 6.37. The number of thiophene rings is 1. The zero-order chi connectivity index (χ0) is 17.3. The van der Waals surface area contributed by atoms with Crippen LogP contribution >= 0.6 is 11.3 Å². The van der Waals surface area contributed by atoms with Gasteiger partial charge in [-0.2, -0.15) is 0 Å². The molecule has 0 aliphatic carbocycles. The lowest BCUT2D eigenvalue weighted by atomic mass is 10.1. The van der Waals surface area contributed by atoms with Crippen molar-refractivity contribution in [3.05, 3.63) is 57.8 Å². The van der Waals surface area contributed by atoms with Crippen molar-refractivity contribution in [1.29, 1.82) is 0 Å². The van der Waals surface area contributed by atoms with Crippen molar-refractivity contribution >= 4 is 34.9 Å². The van der Waals surface area contributed by atoms with Gasteiger partial charge in [0.1, 0.15) is 6.04 Å². The third-order valence-electron chi connectivity index (χ3n) is 3.70. The first-order valence-corrected chi connectivity index (χ1v) is 8.09. The third kappa shape index (κ3) is 2.74. The molecule has 0 fully saturated rings. The minimum Gasteiger partial charge on any atom is -0.456 e. The lowest BCUT2D eigenvalue weighted by Crippen LogP contribution is -2.44. The molecule has 1 aliphatic rings. The standard InChI is InChI=1S/C17H13NO5S/c1-10(17(22)23-9-13(19)14-7-4-8-24-14)18-15(20)11-5-2-3-6-12(11)16(18)21/h2-8,10H,9H2,1H3/t10-/m1/s1. The second-order valence-electron chi connectivity index (χ2n) is 5.21. The van der Waals surface area contributed by atoms with E-state index in [4.69, 9.17) is 4.74 Å². The van der Waals surface area contributed by atoms with Crippen LogP contribution in [0.1, 0.15) is 37.3 Å². The highest BCUT2D eigenvalue weighted by atomic mass is 32.1. The summed E-state index contributed by atoms with van der Waals surface area (Å²) in [5.41, 5.74) is 0.522. The summed E-state index contributed by atoms with van der Waals surface area (Å²) in [5.74, 6) is -2.20. The molecule has 0 unspecified atom stereocenters. The van der Waals surface area contributed by atoms with Crippen LogP contribution in [0.4, 0.5) is 0 Å². The van der Waals surface area contributed by atoms with Gasteiger partial charge in [-0.15, -0.1) is 11.3 Å². The van der Waals surface area contributed by atoms with Gasteiger partial charge < -0.3 is 4.74 Å². The maximum absolute atomic E-state index is 12.3. The number of nitrogens with zero attached hydrogens (tertiary/aromatic N) is 1.